The van der Waals surface area contributed by atoms with Crippen molar-refractivity contribution in [2.24, 2.45) is 5.92 Å². The molecule has 1 heterocycles. The van der Waals surface area contributed by atoms with Gasteiger partial charge in [0.1, 0.15) is 12.4 Å². The van der Waals surface area contributed by atoms with Crippen molar-refractivity contribution in [3.63, 3.8) is 0 Å². The maximum absolute atomic E-state index is 13.7. The summed E-state index contributed by atoms with van der Waals surface area (Å²) < 4.78 is 6.64. The smallest absolute Gasteiger partial charge is 0.262 e. The number of hydrogen-bond acceptors (Lipinski definition) is 4. The topological polar surface area (TPSA) is 41.6 Å². The number of hydrogen-bond donors (Lipinski definition) is 1. The molecule has 0 radical (unpaired) electrons. The summed E-state index contributed by atoms with van der Waals surface area (Å²) in [5.74, 6) is 3.73. The van der Waals surface area contributed by atoms with Crippen LogP contribution in [0.25, 0.3) is 6.08 Å². The molecule has 2 aliphatic rings. The standard InChI is InChI=1S/C26H27BrN2O2S/c1-3-15-31-23-14-13-20(27)16-19(23)17-24-25(30)29(22-12-8-7-9-18(22)2)26(32-24)28-21-10-5-4-6-11-21/h1,4-6,10-11,13-14,16-18,22,26,28H,7-9,12,15H2,2H3/b24-17-/t18-,22-,26?/m1/s1. The third-order valence-electron chi connectivity index (χ3n) is 5.99. The van der Waals surface area contributed by atoms with Gasteiger partial charge >= 0.3 is 0 Å². The number of rotatable bonds is 6. The van der Waals surface area contributed by atoms with Crippen molar-refractivity contribution in [2.45, 2.75) is 44.1 Å². The first kappa shape index (κ1) is 22.8. The molecular formula is C26H27BrN2O2S. The Morgan fingerprint density at radius 3 is 2.78 bits per heavy atom. The van der Waals surface area contributed by atoms with E-state index in [2.05, 4.69) is 39.0 Å². The lowest BCUT2D eigenvalue weighted by Crippen LogP contribution is -2.48. The summed E-state index contributed by atoms with van der Waals surface area (Å²) in [5.41, 5.74) is 1.69. The number of carbonyl (C=O) groups is 1. The Hall–Kier alpha value is -2.36. The Morgan fingerprint density at radius 1 is 1.25 bits per heavy atom. The quantitative estimate of drug-likeness (QED) is 0.363. The first-order valence-corrected chi connectivity index (χ1v) is 12.6. The van der Waals surface area contributed by atoms with Crippen LogP contribution < -0.4 is 10.1 Å². The normalized spacial score (nSPS) is 24.4. The molecule has 32 heavy (non-hydrogen) atoms. The van der Waals surface area contributed by atoms with E-state index in [9.17, 15) is 4.79 Å². The molecule has 2 fully saturated rings. The average molecular weight is 511 g/mol. The lowest BCUT2D eigenvalue weighted by Gasteiger charge is -2.39. The molecule has 0 spiro atoms. The van der Waals surface area contributed by atoms with E-state index >= 15 is 0 Å². The van der Waals surface area contributed by atoms with Gasteiger partial charge in [0.05, 0.1) is 4.91 Å². The highest BCUT2D eigenvalue weighted by molar-refractivity contribution is 9.10. The second-order valence-corrected chi connectivity index (χ2v) is 10.2. The minimum Gasteiger partial charge on any atom is -0.480 e. The summed E-state index contributed by atoms with van der Waals surface area (Å²) in [4.78, 5) is 16.4. The first-order chi connectivity index (χ1) is 15.6. The molecule has 166 valence electrons. The zero-order valence-corrected chi connectivity index (χ0v) is 20.5. The van der Waals surface area contributed by atoms with Crippen molar-refractivity contribution in [3.05, 3.63) is 63.5 Å². The van der Waals surface area contributed by atoms with Crippen LogP contribution in [0.3, 0.4) is 0 Å². The molecule has 1 saturated carbocycles. The Kier molecular flexibility index (Phi) is 7.49. The van der Waals surface area contributed by atoms with Crippen molar-refractivity contribution in [1.82, 2.24) is 4.90 Å². The minimum absolute atomic E-state index is 0.0741. The van der Waals surface area contributed by atoms with Crippen LogP contribution in [-0.4, -0.2) is 29.0 Å². The monoisotopic (exact) mass is 510 g/mol. The van der Waals surface area contributed by atoms with Gasteiger partial charge in [-0.3, -0.25) is 4.79 Å². The van der Waals surface area contributed by atoms with Gasteiger partial charge in [-0.15, -0.1) is 6.42 Å². The molecule has 3 atom stereocenters. The Morgan fingerprint density at radius 2 is 2.03 bits per heavy atom. The molecule has 1 saturated heterocycles. The minimum atomic E-state index is -0.149. The van der Waals surface area contributed by atoms with Gasteiger partial charge in [-0.1, -0.05) is 71.6 Å². The number of terminal acetylenes is 1. The van der Waals surface area contributed by atoms with Crippen LogP contribution in [0.4, 0.5) is 5.69 Å². The van der Waals surface area contributed by atoms with Gasteiger partial charge in [-0.05, 0) is 55.2 Å². The van der Waals surface area contributed by atoms with Gasteiger partial charge in [-0.25, -0.2) is 0 Å². The van der Waals surface area contributed by atoms with Crippen molar-refractivity contribution >= 4 is 45.4 Å². The number of halogens is 1. The number of anilines is 1. The van der Waals surface area contributed by atoms with E-state index < -0.39 is 0 Å². The molecule has 2 aromatic carbocycles. The summed E-state index contributed by atoms with van der Waals surface area (Å²) in [6.07, 6.45) is 11.9. The Bertz CT molecular complexity index is 1030. The summed E-state index contributed by atoms with van der Waals surface area (Å²) in [6, 6.07) is 16.1. The molecule has 2 aromatic rings. The number of carbonyl (C=O) groups excluding carboxylic acids is 1. The van der Waals surface area contributed by atoms with Crippen LogP contribution in [0.2, 0.25) is 0 Å². The second-order valence-electron chi connectivity index (χ2n) is 8.21. The fraction of sp³-hybridized carbons (Fsp3) is 0.346. The molecule has 0 aromatic heterocycles. The van der Waals surface area contributed by atoms with E-state index in [1.54, 1.807) is 11.8 Å². The summed E-state index contributed by atoms with van der Waals surface area (Å²) >= 11 is 5.09. The van der Waals surface area contributed by atoms with Crippen molar-refractivity contribution < 1.29 is 9.53 Å². The highest BCUT2D eigenvalue weighted by atomic mass is 79.9. The van der Waals surface area contributed by atoms with Gasteiger partial charge < -0.3 is 15.0 Å². The van der Waals surface area contributed by atoms with Crippen LogP contribution in [0.15, 0.2) is 57.9 Å². The number of para-hydroxylation sites is 1. The van der Waals surface area contributed by atoms with Crippen molar-refractivity contribution in [3.8, 4) is 18.1 Å². The molecule has 6 heteroatoms. The van der Waals surface area contributed by atoms with Crippen LogP contribution in [0.1, 0.15) is 38.2 Å². The van der Waals surface area contributed by atoms with Crippen molar-refractivity contribution in [1.29, 1.82) is 0 Å². The molecule has 1 N–H and O–H groups in total. The van der Waals surface area contributed by atoms with Gasteiger partial charge in [0, 0.05) is 21.8 Å². The molecule has 1 aliphatic carbocycles. The maximum atomic E-state index is 13.7. The number of nitrogens with zero attached hydrogens (tertiary/aromatic N) is 1. The van der Waals surface area contributed by atoms with Crippen LogP contribution in [0, 0.1) is 18.3 Å². The van der Waals surface area contributed by atoms with Crippen LogP contribution in [-0.2, 0) is 4.79 Å². The molecular weight excluding hydrogens is 484 g/mol. The maximum Gasteiger partial charge on any atom is 0.262 e. The average Bonchev–Trinajstić information content (AvgIpc) is 3.09. The third kappa shape index (κ3) is 5.16. The number of benzene rings is 2. The highest BCUT2D eigenvalue weighted by Gasteiger charge is 2.43. The largest absolute Gasteiger partial charge is 0.480 e. The summed E-state index contributed by atoms with van der Waals surface area (Å²) in [6.45, 7) is 2.45. The zero-order valence-electron chi connectivity index (χ0n) is 18.1. The Labute approximate surface area is 202 Å². The molecule has 1 amide bonds. The molecule has 0 bridgehead atoms. The fourth-order valence-corrected chi connectivity index (χ4v) is 5.97. The lowest BCUT2D eigenvalue weighted by atomic mass is 9.85. The highest BCUT2D eigenvalue weighted by Crippen LogP contribution is 2.43. The van der Waals surface area contributed by atoms with Crippen molar-refractivity contribution in [2.75, 3.05) is 11.9 Å². The third-order valence-corrected chi connectivity index (χ3v) is 7.60. The predicted octanol–water partition coefficient (Wildman–Crippen LogP) is 6.35. The predicted molar refractivity (Wildman–Crippen MR) is 136 cm³/mol. The van der Waals surface area contributed by atoms with E-state index in [1.165, 1.54) is 6.42 Å². The number of nitrogens with one attached hydrogen (secondary N) is 1. The molecule has 1 unspecified atom stereocenters. The molecule has 4 rings (SSSR count). The second kappa shape index (κ2) is 10.5. The number of amides is 1. The fourth-order valence-electron chi connectivity index (χ4n) is 4.39. The summed E-state index contributed by atoms with van der Waals surface area (Å²) in [5, 5.41) is 3.58. The molecule has 4 nitrogen and oxygen atoms in total. The molecule has 1 aliphatic heterocycles. The zero-order chi connectivity index (χ0) is 22.5. The first-order valence-electron chi connectivity index (χ1n) is 10.9. The lowest BCUT2D eigenvalue weighted by molar-refractivity contribution is -0.129. The summed E-state index contributed by atoms with van der Waals surface area (Å²) in [7, 11) is 0. The van der Waals surface area contributed by atoms with E-state index in [1.807, 2.05) is 54.6 Å². The van der Waals surface area contributed by atoms with Gasteiger partial charge in [0.15, 0.2) is 5.50 Å². The van der Waals surface area contributed by atoms with Gasteiger partial charge in [0.25, 0.3) is 5.91 Å². The van der Waals surface area contributed by atoms with Gasteiger partial charge in [-0.2, -0.15) is 0 Å². The number of thioether (sulfide) groups is 1. The Balaban J connectivity index is 1.67. The van der Waals surface area contributed by atoms with E-state index in [0.29, 0.717) is 16.6 Å². The van der Waals surface area contributed by atoms with Crippen LogP contribution >= 0.6 is 27.7 Å². The SMILES string of the molecule is C#CCOc1ccc(Br)cc1/C=C1\SC(Nc2ccccc2)N([C@@H]2CCCC[C@H]2C)C1=O. The number of ether oxygens (including phenoxy) is 1. The van der Waals surface area contributed by atoms with Gasteiger partial charge in [0.2, 0.25) is 0 Å². The van der Waals surface area contributed by atoms with E-state index in [-0.39, 0.29) is 24.1 Å². The van der Waals surface area contributed by atoms with Crippen LogP contribution in [0.5, 0.6) is 5.75 Å². The van der Waals surface area contributed by atoms with E-state index in [4.69, 9.17) is 11.2 Å². The van der Waals surface area contributed by atoms with E-state index in [0.717, 1.165) is 35.0 Å².